The number of amides is 1. The van der Waals surface area contributed by atoms with Crippen LogP contribution in [0.1, 0.15) is 11.1 Å². The van der Waals surface area contributed by atoms with Gasteiger partial charge >= 0.3 is 0 Å². The molecule has 0 radical (unpaired) electrons. The number of hydrogen-bond donors (Lipinski definition) is 2. The largest absolute Gasteiger partial charge is 0.396 e. The number of aliphatic hydroxyl groups is 1. The molecule has 0 heterocycles. The second-order valence-corrected chi connectivity index (χ2v) is 4.07. The molecule has 3 heteroatoms. The van der Waals surface area contributed by atoms with Gasteiger partial charge in [0.1, 0.15) is 0 Å². The van der Waals surface area contributed by atoms with Crippen molar-refractivity contribution in [2.45, 2.75) is 6.42 Å². The monoisotopic (exact) mass is 241 g/mol. The molecule has 0 aliphatic heterocycles. The van der Waals surface area contributed by atoms with E-state index in [1.807, 2.05) is 36.4 Å². The number of primary amides is 1. The van der Waals surface area contributed by atoms with Crippen LogP contribution in [0.15, 0.2) is 42.5 Å². The average Bonchev–Trinajstić information content (AvgIpc) is 2.37. The quantitative estimate of drug-likeness (QED) is 0.803. The van der Waals surface area contributed by atoms with Crippen molar-refractivity contribution in [1.29, 1.82) is 0 Å². The van der Waals surface area contributed by atoms with E-state index in [1.165, 1.54) is 6.08 Å². The molecule has 2 aromatic carbocycles. The number of rotatable bonds is 4. The fraction of sp³-hybridized carbons (Fsp3) is 0.133. The average molecular weight is 241 g/mol. The molecule has 0 aromatic heterocycles. The Morgan fingerprint density at radius 1 is 1.17 bits per heavy atom. The Morgan fingerprint density at radius 3 is 2.61 bits per heavy atom. The van der Waals surface area contributed by atoms with E-state index >= 15 is 0 Å². The maximum atomic E-state index is 10.8. The van der Waals surface area contributed by atoms with Gasteiger partial charge in [-0.05, 0) is 34.4 Å². The Labute approximate surface area is 106 Å². The highest BCUT2D eigenvalue weighted by atomic mass is 16.2. The van der Waals surface area contributed by atoms with E-state index < -0.39 is 5.91 Å². The summed E-state index contributed by atoms with van der Waals surface area (Å²) in [7, 11) is 0. The zero-order valence-electron chi connectivity index (χ0n) is 9.97. The Kier molecular flexibility index (Phi) is 3.75. The molecule has 3 nitrogen and oxygen atoms in total. The SMILES string of the molecule is NC(=O)C=Cc1cccc2c(CCO)cccc12. The first-order chi connectivity index (χ1) is 8.72. The topological polar surface area (TPSA) is 63.3 Å². The molecule has 0 aliphatic carbocycles. The van der Waals surface area contributed by atoms with Crippen LogP contribution >= 0.6 is 0 Å². The summed E-state index contributed by atoms with van der Waals surface area (Å²) >= 11 is 0. The molecular weight excluding hydrogens is 226 g/mol. The summed E-state index contributed by atoms with van der Waals surface area (Å²) in [5, 5.41) is 11.2. The third-order valence-corrected chi connectivity index (χ3v) is 2.85. The molecule has 0 saturated heterocycles. The van der Waals surface area contributed by atoms with Crippen molar-refractivity contribution in [1.82, 2.24) is 0 Å². The summed E-state index contributed by atoms with van der Waals surface area (Å²) in [6, 6.07) is 11.8. The highest BCUT2D eigenvalue weighted by Crippen LogP contribution is 2.23. The summed E-state index contributed by atoms with van der Waals surface area (Å²) in [6.45, 7) is 0.125. The predicted octanol–water partition coefficient (Wildman–Crippen LogP) is 1.87. The summed E-state index contributed by atoms with van der Waals surface area (Å²) < 4.78 is 0. The Morgan fingerprint density at radius 2 is 1.89 bits per heavy atom. The number of aliphatic hydroxyl groups excluding tert-OH is 1. The predicted molar refractivity (Wildman–Crippen MR) is 73.0 cm³/mol. The van der Waals surface area contributed by atoms with Crippen LogP contribution in [0.2, 0.25) is 0 Å². The molecule has 1 amide bonds. The van der Waals surface area contributed by atoms with Crippen molar-refractivity contribution in [2.75, 3.05) is 6.61 Å². The Bertz CT molecular complexity index is 602. The van der Waals surface area contributed by atoms with E-state index in [0.717, 1.165) is 21.9 Å². The third-order valence-electron chi connectivity index (χ3n) is 2.85. The zero-order chi connectivity index (χ0) is 13.0. The van der Waals surface area contributed by atoms with Crippen molar-refractivity contribution >= 4 is 22.8 Å². The van der Waals surface area contributed by atoms with Crippen LogP contribution in [-0.2, 0) is 11.2 Å². The maximum Gasteiger partial charge on any atom is 0.241 e. The molecule has 18 heavy (non-hydrogen) atoms. The molecular formula is C15H15NO2. The zero-order valence-corrected chi connectivity index (χ0v) is 9.97. The summed E-state index contributed by atoms with van der Waals surface area (Å²) in [6.07, 6.45) is 3.70. The molecule has 0 bridgehead atoms. The molecule has 0 spiro atoms. The van der Waals surface area contributed by atoms with Crippen LogP contribution in [0.3, 0.4) is 0 Å². The van der Waals surface area contributed by atoms with Gasteiger partial charge in [0.15, 0.2) is 0 Å². The van der Waals surface area contributed by atoms with Crippen LogP contribution in [0.4, 0.5) is 0 Å². The van der Waals surface area contributed by atoms with Gasteiger partial charge in [-0.25, -0.2) is 0 Å². The number of carbonyl (C=O) groups is 1. The normalized spacial score (nSPS) is 11.2. The highest BCUT2D eigenvalue weighted by molar-refractivity contribution is 5.97. The van der Waals surface area contributed by atoms with Crippen LogP contribution in [-0.4, -0.2) is 17.6 Å². The van der Waals surface area contributed by atoms with Gasteiger partial charge in [-0.2, -0.15) is 0 Å². The Balaban J connectivity index is 2.56. The minimum Gasteiger partial charge on any atom is -0.396 e. The van der Waals surface area contributed by atoms with E-state index in [1.54, 1.807) is 6.08 Å². The molecule has 0 aliphatic rings. The number of benzene rings is 2. The number of fused-ring (bicyclic) bond motifs is 1. The fourth-order valence-corrected chi connectivity index (χ4v) is 2.06. The van der Waals surface area contributed by atoms with E-state index in [4.69, 9.17) is 10.8 Å². The summed E-state index contributed by atoms with van der Waals surface area (Å²) in [5.41, 5.74) is 7.15. The van der Waals surface area contributed by atoms with E-state index in [0.29, 0.717) is 6.42 Å². The van der Waals surface area contributed by atoms with Crippen molar-refractivity contribution in [3.8, 4) is 0 Å². The molecule has 0 fully saturated rings. The fourth-order valence-electron chi connectivity index (χ4n) is 2.06. The number of carbonyl (C=O) groups excluding carboxylic acids is 1. The highest BCUT2D eigenvalue weighted by Gasteiger charge is 2.02. The van der Waals surface area contributed by atoms with Crippen LogP contribution in [0, 0.1) is 0 Å². The first-order valence-corrected chi connectivity index (χ1v) is 5.81. The molecule has 92 valence electrons. The van der Waals surface area contributed by atoms with Gasteiger partial charge in [0.05, 0.1) is 0 Å². The lowest BCUT2D eigenvalue weighted by atomic mass is 9.98. The van der Waals surface area contributed by atoms with Gasteiger partial charge in [-0.15, -0.1) is 0 Å². The van der Waals surface area contributed by atoms with Crippen LogP contribution < -0.4 is 5.73 Å². The molecule has 0 atom stereocenters. The number of hydrogen-bond acceptors (Lipinski definition) is 2. The van der Waals surface area contributed by atoms with Crippen molar-refractivity contribution in [2.24, 2.45) is 5.73 Å². The first-order valence-electron chi connectivity index (χ1n) is 5.81. The van der Waals surface area contributed by atoms with Crippen LogP contribution in [0.5, 0.6) is 0 Å². The lowest BCUT2D eigenvalue weighted by Gasteiger charge is -2.07. The van der Waals surface area contributed by atoms with Crippen molar-refractivity contribution < 1.29 is 9.90 Å². The smallest absolute Gasteiger partial charge is 0.241 e. The maximum absolute atomic E-state index is 10.8. The number of nitrogens with two attached hydrogens (primary N) is 1. The lowest BCUT2D eigenvalue weighted by molar-refractivity contribution is -0.113. The third kappa shape index (κ3) is 2.57. The summed E-state index contributed by atoms with van der Waals surface area (Å²) in [4.78, 5) is 10.8. The molecule has 2 rings (SSSR count). The second-order valence-electron chi connectivity index (χ2n) is 4.07. The second kappa shape index (κ2) is 5.47. The van der Waals surface area contributed by atoms with Crippen molar-refractivity contribution in [3.63, 3.8) is 0 Å². The molecule has 2 aromatic rings. The minimum atomic E-state index is -0.460. The molecule has 0 saturated carbocycles. The molecule has 3 N–H and O–H groups in total. The van der Waals surface area contributed by atoms with E-state index in [9.17, 15) is 4.79 Å². The Hall–Kier alpha value is -2.13. The van der Waals surface area contributed by atoms with Gasteiger partial charge in [0.2, 0.25) is 5.91 Å². The van der Waals surface area contributed by atoms with Crippen LogP contribution in [0.25, 0.3) is 16.8 Å². The van der Waals surface area contributed by atoms with Gasteiger partial charge < -0.3 is 10.8 Å². The molecule has 0 unspecified atom stereocenters. The van der Waals surface area contributed by atoms with E-state index in [-0.39, 0.29) is 6.61 Å². The van der Waals surface area contributed by atoms with E-state index in [2.05, 4.69) is 0 Å². The summed E-state index contributed by atoms with van der Waals surface area (Å²) in [5.74, 6) is -0.460. The van der Waals surface area contributed by atoms with Gasteiger partial charge in [0, 0.05) is 12.7 Å². The lowest BCUT2D eigenvalue weighted by Crippen LogP contribution is -2.05. The van der Waals surface area contributed by atoms with Gasteiger partial charge in [-0.3, -0.25) is 4.79 Å². The van der Waals surface area contributed by atoms with Gasteiger partial charge in [-0.1, -0.05) is 36.4 Å². The van der Waals surface area contributed by atoms with Crippen molar-refractivity contribution in [3.05, 3.63) is 53.6 Å². The minimum absolute atomic E-state index is 0.125. The standard InChI is InChI=1S/C15H15NO2/c16-15(18)8-7-11-3-1-6-14-12(9-10-17)4-2-5-13(11)14/h1-8,17H,9-10H2,(H2,16,18). The first kappa shape index (κ1) is 12.3. The van der Waals surface area contributed by atoms with Gasteiger partial charge in [0.25, 0.3) is 0 Å².